The molecule has 14 heavy (non-hydrogen) atoms. The Morgan fingerprint density at radius 2 is 2.00 bits per heavy atom. The average molecular weight is 214 g/mol. The molecule has 1 N–H and O–H groups in total. The molecule has 2 unspecified atom stereocenters. The Kier molecular flexibility index (Phi) is 3.24. The summed E-state index contributed by atoms with van der Waals surface area (Å²) >= 11 is 0. The van der Waals surface area contributed by atoms with Crippen molar-refractivity contribution in [3.05, 3.63) is 12.2 Å². The molecule has 0 amide bonds. The topological polar surface area (TPSA) is 29.5 Å². The van der Waals surface area contributed by atoms with Gasteiger partial charge in [0.1, 0.15) is 0 Å². The highest BCUT2D eigenvalue weighted by Crippen LogP contribution is 2.39. The van der Waals surface area contributed by atoms with Crippen LogP contribution in [0.1, 0.15) is 27.2 Å². The summed E-state index contributed by atoms with van der Waals surface area (Å²) in [4.78, 5) is 0. The molecule has 0 fully saturated rings. The fourth-order valence-corrected chi connectivity index (χ4v) is 2.80. The summed E-state index contributed by atoms with van der Waals surface area (Å²) < 4.78 is 5.63. The fourth-order valence-electron chi connectivity index (χ4n) is 1.81. The van der Waals surface area contributed by atoms with Gasteiger partial charge in [-0.05, 0) is 30.5 Å². The molecule has 0 saturated heterocycles. The van der Waals surface area contributed by atoms with Gasteiger partial charge in [-0.25, -0.2) is 0 Å². The minimum atomic E-state index is -1.17. The summed E-state index contributed by atoms with van der Waals surface area (Å²) in [7, 11) is -1.17. The predicted octanol–water partition coefficient (Wildman–Crippen LogP) is 2.30. The standard InChI is InChI=1S/C11H22O2Si/c1-10(2,3)9-6-7-11(12,8-9)13-14(4)5/h6-7,9,12,14H,8H2,1-5H3. The van der Waals surface area contributed by atoms with Crippen LogP contribution in [0.2, 0.25) is 13.1 Å². The smallest absolute Gasteiger partial charge is 0.176 e. The van der Waals surface area contributed by atoms with Gasteiger partial charge >= 0.3 is 0 Å². The molecule has 0 spiro atoms. The van der Waals surface area contributed by atoms with E-state index >= 15 is 0 Å². The van der Waals surface area contributed by atoms with Crippen molar-refractivity contribution in [1.82, 2.24) is 0 Å². The van der Waals surface area contributed by atoms with Gasteiger partial charge in [0.05, 0.1) is 0 Å². The lowest BCUT2D eigenvalue weighted by atomic mass is 9.80. The summed E-state index contributed by atoms with van der Waals surface area (Å²) in [5.74, 6) is -0.557. The van der Waals surface area contributed by atoms with Crippen LogP contribution < -0.4 is 0 Å². The second-order valence-electron chi connectivity index (χ2n) is 5.55. The Hall–Kier alpha value is -0.123. The zero-order valence-electron chi connectivity index (χ0n) is 9.87. The highest BCUT2D eigenvalue weighted by Gasteiger charge is 2.38. The quantitative estimate of drug-likeness (QED) is 0.434. The molecular weight excluding hydrogens is 192 g/mol. The van der Waals surface area contributed by atoms with Crippen LogP contribution in [0.15, 0.2) is 12.2 Å². The molecule has 0 heterocycles. The SMILES string of the molecule is C[SiH](C)OC1(O)C=CC(C(C)(C)C)C1. The number of aliphatic hydroxyl groups is 1. The van der Waals surface area contributed by atoms with Crippen molar-refractivity contribution in [3.63, 3.8) is 0 Å². The lowest BCUT2D eigenvalue weighted by molar-refractivity contribution is -0.106. The summed E-state index contributed by atoms with van der Waals surface area (Å²) in [5.41, 5.74) is 0.211. The van der Waals surface area contributed by atoms with Crippen LogP contribution >= 0.6 is 0 Å². The molecule has 1 rings (SSSR count). The maximum atomic E-state index is 10.1. The lowest BCUT2D eigenvalue weighted by Gasteiger charge is -2.30. The van der Waals surface area contributed by atoms with Crippen molar-refractivity contribution < 1.29 is 9.53 Å². The second kappa shape index (κ2) is 3.80. The summed E-state index contributed by atoms with van der Waals surface area (Å²) in [5, 5.41) is 10.1. The van der Waals surface area contributed by atoms with Crippen LogP contribution in [0.5, 0.6) is 0 Å². The molecule has 2 nitrogen and oxygen atoms in total. The fraction of sp³-hybridized carbons (Fsp3) is 0.818. The molecule has 0 bridgehead atoms. The van der Waals surface area contributed by atoms with E-state index in [1.165, 1.54) is 0 Å². The highest BCUT2D eigenvalue weighted by molar-refractivity contribution is 6.48. The largest absolute Gasteiger partial charge is 0.391 e. The van der Waals surface area contributed by atoms with E-state index in [9.17, 15) is 5.11 Å². The van der Waals surface area contributed by atoms with E-state index in [2.05, 4.69) is 39.9 Å². The molecule has 0 aromatic heterocycles. The zero-order chi connectivity index (χ0) is 11.0. The van der Waals surface area contributed by atoms with E-state index < -0.39 is 14.8 Å². The molecular formula is C11H22O2Si. The van der Waals surface area contributed by atoms with E-state index in [0.717, 1.165) is 0 Å². The van der Waals surface area contributed by atoms with Crippen molar-refractivity contribution in [3.8, 4) is 0 Å². The molecule has 2 atom stereocenters. The molecule has 82 valence electrons. The third-order valence-electron chi connectivity index (χ3n) is 2.65. The first kappa shape index (κ1) is 11.9. The maximum Gasteiger partial charge on any atom is 0.176 e. The minimum absolute atomic E-state index is 0.211. The molecule has 0 aromatic carbocycles. The number of hydrogen-bond donors (Lipinski definition) is 1. The molecule has 0 radical (unpaired) electrons. The Labute approximate surface area is 88.7 Å². The van der Waals surface area contributed by atoms with Crippen LogP contribution in [0, 0.1) is 11.3 Å². The second-order valence-corrected chi connectivity index (χ2v) is 7.88. The molecule has 0 aliphatic heterocycles. The van der Waals surface area contributed by atoms with Gasteiger partial charge in [-0.3, -0.25) is 0 Å². The van der Waals surface area contributed by atoms with Gasteiger partial charge in [-0.1, -0.05) is 26.8 Å². The third kappa shape index (κ3) is 2.94. The van der Waals surface area contributed by atoms with E-state index in [1.807, 2.05) is 6.08 Å². The molecule has 1 aliphatic rings. The van der Waals surface area contributed by atoms with Gasteiger partial charge in [0.2, 0.25) is 0 Å². The first-order chi connectivity index (χ1) is 6.23. The van der Waals surface area contributed by atoms with Crippen molar-refractivity contribution >= 4 is 9.04 Å². The Morgan fingerprint density at radius 3 is 2.36 bits per heavy atom. The average Bonchev–Trinajstić information content (AvgIpc) is 2.28. The Morgan fingerprint density at radius 1 is 1.43 bits per heavy atom. The number of rotatable bonds is 2. The van der Waals surface area contributed by atoms with Gasteiger partial charge in [0.25, 0.3) is 0 Å². The predicted molar refractivity (Wildman–Crippen MR) is 61.6 cm³/mol. The first-order valence-electron chi connectivity index (χ1n) is 5.32. The summed E-state index contributed by atoms with van der Waals surface area (Å²) in [6, 6.07) is 0. The molecule has 0 saturated carbocycles. The van der Waals surface area contributed by atoms with Crippen molar-refractivity contribution in [2.24, 2.45) is 11.3 Å². The normalized spacial score (nSPS) is 32.9. The van der Waals surface area contributed by atoms with Gasteiger partial charge in [-0.15, -0.1) is 0 Å². The molecule has 1 aliphatic carbocycles. The van der Waals surface area contributed by atoms with Crippen LogP contribution in [0.25, 0.3) is 0 Å². The van der Waals surface area contributed by atoms with Crippen molar-refractivity contribution in [2.75, 3.05) is 0 Å². The van der Waals surface area contributed by atoms with E-state index in [0.29, 0.717) is 12.3 Å². The monoisotopic (exact) mass is 214 g/mol. The first-order valence-corrected chi connectivity index (χ1v) is 8.10. The van der Waals surface area contributed by atoms with Gasteiger partial charge in [0.15, 0.2) is 14.8 Å². The molecule has 0 aromatic rings. The van der Waals surface area contributed by atoms with E-state index in [1.54, 1.807) is 0 Å². The highest BCUT2D eigenvalue weighted by atomic mass is 28.3. The van der Waals surface area contributed by atoms with Crippen LogP contribution in [-0.2, 0) is 4.43 Å². The minimum Gasteiger partial charge on any atom is -0.391 e. The van der Waals surface area contributed by atoms with Crippen LogP contribution in [-0.4, -0.2) is 19.9 Å². The third-order valence-corrected chi connectivity index (χ3v) is 3.53. The van der Waals surface area contributed by atoms with Crippen LogP contribution in [0.4, 0.5) is 0 Å². The van der Waals surface area contributed by atoms with E-state index in [4.69, 9.17) is 4.43 Å². The number of hydrogen-bond acceptors (Lipinski definition) is 2. The maximum absolute atomic E-state index is 10.1. The van der Waals surface area contributed by atoms with Gasteiger partial charge in [-0.2, -0.15) is 0 Å². The Bertz CT molecular complexity index is 230. The van der Waals surface area contributed by atoms with Crippen molar-refractivity contribution in [1.29, 1.82) is 0 Å². The zero-order valence-corrected chi connectivity index (χ0v) is 11.0. The Balaban J connectivity index is 2.62. The molecule has 3 heteroatoms. The van der Waals surface area contributed by atoms with Crippen molar-refractivity contribution in [2.45, 2.75) is 46.1 Å². The van der Waals surface area contributed by atoms with Gasteiger partial charge < -0.3 is 9.53 Å². The van der Waals surface area contributed by atoms with Gasteiger partial charge in [0, 0.05) is 6.42 Å². The van der Waals surface area contributed by atoms with E-state index in [-0.39, 0.29) is 5.41 Å². The van der Waals surface area contributed by atoms with Crippen LogP contribution in [0.3, 0.4) is 0 Å². The summed E-state index contributed by atoms with van der Waals surface area (Å²) in [6.07, 6.45) is 4.63. The summed E-state index contributed by atoms with van der Waals surface area (Å²) in [6.45, 7) is 10.7. The lowest BCUT2D eigenvalue weighted by Crippen LogP contribution is -2.35. The number of allylic oxidation sites excluding steroid dienone is 1.